The molecule has 2 aliphatic rings. The topological polar surface area (TPSA) is 56.2 Å². The van der Waals surface area contributed by atoms with Gasteiger partial charge < -0.3 is 19.9 Å². The lowest BCUT2D eigenvalue weighted by Crippen LogP contribution is -2.53. The summed E-state index contributed by atoms with van der Waals surface area (Å²) in [6.45, 7) is 7.66. The van der Waals surface area contributed by atoms with Crippen LogP contribution in [0.25, 0.3) is 0 Å². The first kappa shape index (κ1) is 22.2. The molecule has 1 aliphatic carbocycles. The summed E-state index contributed by atoms with van der Waals surface area (Å²) in [5.74, 6) is 2.07. The van der Waals surface area contributed by atoms with Gasteiger partial charge in [0.2, 0.25) is 0 Å². The number of aromatic nitrogens is 1. The van der Waals surface area contributed by atoms with Crippen LogP contribution in [0.15, 0.2) is 29.4 Å². The second-order valence-corrected chi connectivity index (χ2v) is 6.90. The first-order valence-corrected chi connectivity index (χ1v) is 9.66. The largest absolute Gasteiger partial charge is 0.383 e. The van der Waals surface area contributed by atoms with Gasteiger partial charge in [-0.15, -0.1) is 24.0 Å². The van der Waals surface area contributed by atoms with Gasteiger partial charge in [-0.1, -0.05) is 6.07 Å². The number of ether oxygens (including phenoxy) is 1. The number of hydrogen-bond acceptors (Lipinski definition) is 5. The van der Waals surface area contributed by atoms with Crippen molar-refractivity contribution in [1.29, 1.82) is 0 Å². The molecule has 0 aromatic carbocycles. The number of piperazine rings is 1. The molecule has 0 bridgehead atoms. The summed E-state index contributed by atoms with van der Waals surface area (Å²) in [6.07, 6.45) is 4.51. The van der Waals surface area contributed by atoms with Gasteiger partial charge in [0.05, 0.1) is 6.61 Å². The number of anilines is 1. The monoisotopic (exact) mass is 488 g/mol. The highest BCUT2D eigenvalue weighted by Crippen LogP contribution is 2.26. The van der Waals surface area contributed by atoms with Gasteiger partial charge in [0.15, 0.2) is 5.96 Å². The van der Waals surface area contributed by atoms with Crippen molar-refractivity contribution in [3.63, 3.8) is 0 Å². The van der Waals surface area contributed by atoms with Gasteiger partial charge in [-0.3, -0.25) is 9.89 Å². The first-order valence-electron chi connectivity index (χ1n) is 9.66. The van der Waals surface area contributed by atoms with Crippen molar-refractivity contribution in [1.82, 2.24) is 20.1 Å². The van der Waals surface area contributed by atoms with Crippen molar-refractivity contribution < 1.29 is 4.74 Å². The average Bonchev–Trinajstić information content (AvgIpc) is 3.54. The van der Waals surface area contributed by atoms with Crippen molar-refractivity contribution in [3.8, 4) is 0 Å². The zero-order chi connectivity index (χ0) is 18.2. The number of hydrogen-bond donors (Lipinski definition) is 1. The van der Waals surface area contributed by atoms with Crippen LogP contribution in [0.3, 0.4) is 0 Å². The molecule has 0 unspecified atom stereocenters. The fourth-order valence-electron chi connectivity index (χ4n) is 3.46. The predicted molar refractivity (Wildman–Crippen MR) is 121 cm³/mol. The number of guanidine groups is 1. The minimum absolute atomic E-state index is 0. The molecule has 0 atom stereocenters. The molecular formula is C19H33IN6O. The molecular weight excluding hydrogens is 455 g/mol. The molecule has 152 valence electrons. The lowest BCUT2D eigenvalue weighted by atomic mass is 10.3. The van der Waals surface area contributed by atoms with Crippen LogP contribution in [0.1, 0.15) is 12.8 Å². The normalized spacial score (nSPS) is 17.8. The van der Waals surface area contributed by atoms with Gasteiger partial charge in [0, 0.05) is 72.2 Å². The minimum Gasteiger partial charge on any atom is -0.383 e. The molecule has 0 spiro atoms. The maximum atomic E-state index is 5.24. The Morgan fingerprint density at radius 1 is 1.26 bits per heavy atom. The van der Waals surface area contributed by atoms with E-state index in [1.54, 1.807) is 7.11 Å². The van der Waals surface area contributed by atoms with Crippen molar-refractivity contribution >= 4 is 35.8 Å². The molecule has 1 saturated carbocycles. The van der Waals surface area contributed by atoms with Gasteiger partial charge in [0.1, 0.15) is 5.82 Å². The van der Waals surface area contributed by atoms with Crippen molar-refractivity contribution in [2.75, 3.05) is 71.5 Å². The maximum absolute atomic E-state index is 5.24. The number of methoxy groups -OCH3 is 1. The lowest BCUT2D eigenvalue weighted by molar-refractivity contribution is 0.144. The summed E-state index contributed by atoms with van der Waals surface area (Å²) in [4.78, 5) is 16.1. The maximum Gasteiger partial charge on any atom is 0.193 e. The number of halogens is 1. The number of pyridine rings is 1. The fraction of sp³-hybridized carbons (Fsp3) is 0.684. The van der Waals surface area contributed by atoms with E-state index in [0.717, 1.165) is 70.2 Å². The van der Waals surface area contributed by atoms with Crippen LogP contribution in [0, 0.1) is 0 Å². The fourth-order valence-corrected chi connectivity index (χ4v) is 3.46. The molecule has 3 rings (SSSR count). The SMILES string of the molecule is CN=C(NCCN(CCOC)C1CC1)N1CCN(c2ccccn2)CC1.I. The number of aliphatic imine (C=N–C) groups is 1. The minimum atomic E-state index is 0. The summed E-state index contributed by atoms with van der Waals surface area (Å²) in [7, 11) is 3.65. The molecule has 2 fully saturated rings. The van der Waals surface area contributed by atoms with Crippen molar-refractivity contribution in [2.24, 2.45) is 4.99 Å². The molecule has 0 amide bonds. The molecule has 1 aromatic rings. The summed E-state index contributed by atoms with van der Waals surface area (Å²) in [6, 6.07) is 6.85. The Hall–Kier alpha value is -1.13. The number of rotatable bonds is 8. The van der Waals surface area contributed by atoms with Crippen LogP contribution in [0.5, 0.6) is 0 Å². The van der Waals surface area contributed by atoms with E-state index in [1.165, 1.54) is 12.8 Å². The summed E-state index contributed by atoms with van der Waals surface area (Å²) < 4.78 is 5.24. The Morgan fingerprint density at radius 2 is 2.04 bits per heavy atom. The van der Waals surface area contributed by atoms with E-state index in [0.29, 0.717) is 0 Å². The van der Waals surface area contributed by atoms with E-state index in [-0.39, 0.29) is 24.0 Å². The molecule has 1 aliphatic heterocycles. The number of nitrogens with zero attached hydrogens (tertiary/aromatic N) is 5. The quantitative estimate of drug-likeness (QED) is 0.340. The second kappa shape index (κ2) is 11.7. The van der Waals surface area contributed by atoms with Crippen molar-refractivity contribution in [3.05, 3.63) is 24.4 Å². The van der Waals surface area contributed by atoms with E-state index in [9.17, 15) is 0 Å². The molecule has 1 saturated heterocycles. The molecule has 1 N–H and O–H groups in total. The molecule has 2 heterocycles. The van der Waals surface area contributed by atoms with Crippen LogP contribution in [0.4, 0.5) is 5.82 Å². The van der Waals surface area contributed by atoms with E-state index in [2.05, 4.69) is 36.1 Å². The predicted octanol–water partition coefficient (Wildman–Crippen LogP) is 1.51. The summed E-state index contributed by atoms with van der Waals surface area (Å²) in [5.41, 5.74) is 0. The number of nitrogens with one attached hydrogen (secondary N) is 1. The Bertz CT molecular complexity index is 561. The van der Waals surface area contributed by atoms with E-state index in [1.807, 2.05) is 25.4 Å². The zero-order valence-electron chi connectivity index (χ0n) is 16.5. The van der Waals surface area contributed by atoms with E-state index < -0.39 is 0 Å². The highest BCUT2D eigenvalue weighted by molar-refractivity contribution is 14.0. The Kier molecular flexibility index (Phi) is 9.57. The van der Waals surface area contributed by atoms with Gasteiger partial charge in [0.25, 0.3) is 0 Å². The average molecular weight is 488 g/mol. The highest BCUT2D eigenvalue weighted by atomic mass is 127. The van der Waals surface area contributed by atoms with Crippen LogP contribution in [0.2, 0.25) is 0 Å². The Labute approximate surface area is 180 Å². The van der Waals surface area contributed by atoms with Crippen LogP contribution >= 0.6 is 24.0 Å². The summed E-state index contributed by atoms with van der Waals surface area (Å²) >= 11 is 0. The van der Waals surface area contributed by atoms with Crippen LogP contribution in [-0.2, 0) is 4.74 Å². The molecule has 8 heteroatoms. The van der Waals surface area contributed by atoms with Gasteiger partial charge >= 0.3 is 0 Å². The zero-order valence-corrected chi connectivity index (χ0v) is 18.8. The van der Waals surface area contributed by atoms with Crippen LogP contribution < -0.4 is 10.2 Å². The third-order valence-electron chi connectivity index (χ3n) is 5.09. The summed E-state index contributed by atoms with van der Waals surface area (Å²) in [5, 5.41) is 3.54. The Morgan fingerprint density at radius 3 is 2.63 bits per heavy atom. The second-order valence-electron chi connectivity index (χ2n) is 6.90. The smallest absolute Gasteiger partial charge is 0.193 e. The molecule has 0 radical (unpaired) electrons. The van der Waals surface area contributed by atoms with Gasteiger partial charge in [-0.05, 0) is 25.0 Å². The van der Waals surface area contributed by atoms with E-state index >= 15 is 0 Å². The molecule has 7 nitrogen and oxygen atoms in total. The highest BCUT2D eigenvalue weighted by Gasteiger charge is 2.28. The van der Waals surface area contributed by atoms with Crippen LogP contribution in [-0.4, -0.2) is 93.4 Å². The first-order chi connectivity index (χ1) is 12.8. The molecule has 27 heavy (non-hydrogen) atoms. The van der Waals surface area contributed by atoms with Gasteiger partial charge in [-0.2, -0.15) is 0 Å². The van der Waals surface area contributed by atoms with Gasteiger partial charge in [-0.25, -0.2) is 4.98 Å². The third-order valence-corrected chi connectivity index (χ3v) is 5.09. The molecule has 1 aromatic heterocycles. The standard InChI is InChI=1S/C19H32N6O.HI/c1-20-19(22-9-10-23(15-16-26-2)17-6-7-17)25-13-11-24(12-14-25)18-5-3-4-8-21-18;/h3-5,8,17H,6-7,9-16H2,1-2H3,(H,20,22);1H. The van der Waals surface area contributed by atoms with Crippen molar-refractivity contribution in [2.45, 2.75) is 18.9 Å². The Balaban J connectivity index is 0.00000261. The lowest BCUT2D eigenvalue weighted by Gasteiger charge is -2.37. The van der Waals surface area contributed by atoms with E-state index in [4.69, 9.17) is 4.74 Å². The third kappa shape index (κ3) is 6.76.